The molecular formula is C17H18ClNO3. The highest BCUT2D eigenvalue weighted by Crippen LogP contribution is 2.30. The second-order valence-electron chi connectivity index (χ2n) is 4.69. The number of halogens is 1. The molecule has 0 aliphatic carbocycles. The third-order valence-corrected chi connectivity index (χ3v) is 3.66. The molecule has 22 heavy (non-hydrogen) atoms. The first-order valence-electron chi connectivity index (χ1n) is 6.94. The summed E-state index contributed by atoms with van der Waals surface area (Å²) in [5.74, 6) is 0.938. The minimum absolute atomic E-state index is 0.263. The van der Waals surface area contributed by atoms with Crippen molar-refractivity contribution in [2.45, 2.75) is 13.8 Å². The normalized spacial score (nSPS) is 10.2. The quantitative estimate of drug-likeness (QED) is 0.893. The van der Waals surface area contributed by atoms with Crippen LogP contribution in [0.25, 0.3) is 0 Å². The van der Waals surface area contributed by atoms with Gasteiger partial charge in [0.2, 0.25) is 0 Å². The Balaban J connectivity index is 2.25. The summed E-state index contributed by atoms with van der Waals surface area (Å²) in [6.07, 6.45) is 0. The smallest absolute Gasteiger partial charge is 0.257 e. The summed E-state index contributed by atoms with van der Waals surface area (Å²) in [5.41, 5.74) is 1.92. The molecule has 0 aliphatic rings. The fourth-order valence-corrected chi connectivity index (χ4v) is 2.26. The van der Waals surface area contributed by atoms with Crippen LogP contribution in [0.3, 0.4) is 0 Å². The molecule has 4 nitrogen and oxygen atoms in total. The third kappa shape index (κ3) is 3.52. The van der Waals surface area contributed by atoms with Crippen LogP contribution >= 0.6 is 11.6 Å². The van der Waals surface area contributed by atoms with Gasteiger partial charge in [-0.3, -0.25) is 4.79 Å². The topological polar surface area (TPSA) is 47.6 Å². The molecule has 0 spiro atoms. The number of hydrogen-bond acceptors (Lipinski definition) is 3. The van der Waals surface area contributed by atoms with E-state index in [1.807, 2.05) is 19.9 Å². The van der Waals surface area contributed by atoms with Gasteiger partial charge in [-0.05, 0) is 37.6 Å². The van der Waals surface area contributed by atoms with Crippen LogP contribution in [0.15, 0.2) is 36.4 Å². The van der Waals surface area contributed by atoms with Crippen molar-refractivity contribution in [1.29, 1.82) is 0 Å². The monoisotopic (exact) mass is 319 g/mol. The molecule has 2 rings (SSSR count). The predicted octanol–water partition coefficient (Wildman–Crippen LogP) is 4.31. The Morgan fingerprint density at radius 3 is 2.68 bits per heavy atom. The summed E-state index contributed by atoms with van der Waals surface area (Å²) in [6, 6.07) is 10.6. The number of anilines is 1. The van der Waals surface area contributed by atoms with Gasteiger partial charge in [-0.1, -0.05) is 23.7 Å². The zero-order chi connectivity index (χ0) is 16.1. The minimum atomic E-state index is -0.263. The van der Waals surface area contributed by atoms with Gasteiger partial charge in [0.05, 0.1) is 24.3 Å². The van der Waals surface area contributed by atoms with Crippen LogP contribution < -0.4 is 14.8 Å². The number of amides is 1. The molecule has 0 radical (unpaired) electrons. The molecule has 0 aliphatic heterocycles. The van der Waals surface area contributed by atoms with E-state index >= 15 is 0 Å². The van der Waals surface area contributed by atoms with Crippen molar-refractivity contribution in [3.05, 3.63) is 52.5 Å². The van der Waals surface area contributed by atoms with E-state index in [9.17, 15) is 4.79 Å². The lowest BCUT2D eigenvalue weighted by Gasteiger charge is -2.12. The summed E-state index contributed by atoms with van der Waals surface area (Å²) in [6.45, 7) is 4.26. The summed E-state index contributed by atoms with van der Waals surface area (Å²) < 4.78 is 10.7. The molecule has 0 atom stereocenters. The molecule has 0 unspecified atom stereocenters. The molecular weight excluding hydrogens is 302 g/mol. The van der Waals surface area contributed by atoms with Gasteiger partial charge < -0.3 is 14.8 Å². The molecule has 0 saturated carbocycles. The van der Waals surface area contributed by atoms with Crippen molar-refractivity contribution >= 4 is 23.2 Å². The average Bonchev–Trinajstić information content (AvgIpc) is 2.50. The van der Waals surface area contributed by atoms with Gasteiger partial charge in [-0.2, -0.15) is 0 Å². The lowest BCUT2D eigenvalue weighted by Crippen LogP contribution is -2.13. The Morgan fingerprint density at radius 1 is 1.23 bits per heavy atom. The van der Waals surface area contributed by atoms with Crippen molar-refractivity contribution in [3.8, 4) is 11.5 Å². The largest absolute Gasteiger partial charge is 0.493 e. The number of hydrogen-bond donors (Lipinski definition) is 1. The Hall–Kier alpha value is -2.20. The van der Waals surface area contributed by atoms with E-state index in [0.717, 1.165) is 5.56 Å². The van der Waals surface area contributed by atoms with E-state index in [-0.39, 0.29) is 5.91 Å². The Labute approximate surface area is 135 Å². The van der Waals surface area contributed by atoms with Crippen molar-refractivity contribution in [3.63, 3.8) is 0 Å². The van der Waals surface area contributed by atoms with E-state index in [1.165, 1.54) is 0 Å². The highest BCUT2D eigenvalue weighted by Gasteiger charge is 2.13. The molecule has 5 heteroatoms. The maximum Gasteiger partial charge on any atom is 0.257 e. The number of aryl methyl sites for hydroxylation is 1. The zero-order valence-corrected chi connectivity index (χ0v) is 13.5. The Morgan fingerprint density at radius 2 is 2.00 bits per heavy atom. The van der Waals surface area contributed by atoms with Crippen LogP contribution in [0.5, 0.6) is 11.5 Å². The summed E-state index contributed by atoms with van der Waals surface area (Å²) in [4.78, 5) is 12.3. The number of methoxy groups -OCH3 is 1. The molecule has 2 aromatic rings. The van der Waals surface area contributed by atoms with Crippen LogP contribution in [0.2, 0.25) is 5.02 Å². The van der Waals surface area contributed by atoms with E-state index in [1.54, 1.807) is 37.4 Å². The second kappa shape index (κ2) is 7.18. The van der Waals surface area contributed by atoms with E-state index in [2.05, 4.69) is 5.32 Å². The van der Waals surface area contributed by atoms with Crippen LogP contribution in [-0.2, 0) is 0 Å². The highest BCUT2D eigenvalue weighted by atomic mass is 35.5. The van der Waals surface area contributed by atoms with Crippen LogP contribution in [0.1, 0.15) is 22.8 Å². The fourth-order valence-electron chi connectivity index (χ4n) is 2.04. The number of nitrogens with one attached hydrogen (secondary N) is 1. The van der Waals surface area contributed by atoms with Crippen LogP contribution in [0.4, 0.5) is 5.69 Å². The molecule has 2 aromatic carbocycles. The lowest BCUT2D eigenvalue weighted by molar-refractivity contribution is 0.102. The summed E-state index contributed by atoms with van der Waals surface area (Å²) >= 11 is 6.18. The molecule has 0 fully saturated rings. The van der Waals surface area contributed by atoms with Crippen molar-refractivity contribution in [2.75, 3.05) is 19.0 Å². The maximum absolute atomic E-state index is 12.3. The van der Waals surface area contributed by atoms with E-state index in [0.29, 0.717) is 34.4 Å². The summed E-state index contributed by atoms with van der Waals surface area (Å²) in [7, 11) is 1.57. The van der Waals surface area contributed by atoms with Gasteiger partial charge >= 0.3 is 0 Å². The number of benzene rings is 2. The second-order valence-corrected chi connectivity index (χ2v) is 5.07. The van der Waals surface area contributed by atoms with E-state index < -0.39 is 0 Å². The fraction of sp³-hybridized carbons (Fsp3) is 0.235. The standard InChI is InChI=1S/C17H18ClNO3/c1-4-22-15-10-12(8-9-14(15)21-3)19-17(20)13-7-5-6-11(2)16(13)18/h5-10H,4H2,1-3H3,(H,19,20). The molecule has 0 aromatic heterocycles. The molecule has 0 bridgehead atoms. The first-order valence-corrected chi connectivity index (χ1v) is 7.32. The minimum Gasteiger partial charge on any atom is -0.493 e. The molecule has 0 saturated heterocycles. The average molecular weight is 320 g/mol. The number of carbonyl (C=O) groups is 1. The first kappa shape index (κ1) is 16.2. The molecule has 1 N–H and O–H groups in total. The van der Waals surface area contributed by atoms with E-state index in [4.69, 9.17) is 21.1 Å². The highest BCUT2D eigenvalue weighted by molar-refractivity contribution is 6.35. The predicted molar refractivity (Wildman–Crippen MR) is 88.3 cm³/mol. The number of rotatable bonds is 5. The summed E-state index contributed by atoms with van der Waals surface area (Å²) in [5, 5.41) is 3.27. The van der Waals surface area contributed by atoms with Gasteiger partial charge in [0.15, 0.2) is 11.5 Å². The Bertz CT molecular complexity index is 686. The van der Waals surface area contributed by atoms with Crippen molar-refractivity contribution in [2.24, 2.45) is 0 Å². The molecule has 1 amide bonds. The lowest BCUT2D eigenvalue weighted by atomic mass is 10.1. The SMILES string of the molecule is CCOc1cc(NC(=O)c2cccc(C)c2Cl)ccc1OC. The van der Waals surface area contributed by atoms with Crippen LogP contribution in [-0.4, -0.2) is 19.6 Å². The Kier molecular flexibility index (Phi) is 5.28. The zero-order valence-electron chi connectivity index (χ0n) is 12.8. The number of ether oxygens (including phenoxy) is 2. The van der Waals surface area contributed by atoms with Gasteiger partial charge in [-0.15, -0.1) is 0 Å². The maximum atomic E-state index is 12.3. The number of carbonyl (C=O) groups excluding carboxylic acids is 1. The van der Waals surface area contributed by atoms with Gasteiger partial charge in [0.25, 0.3) is 5.91 Å². The van der Waals surface area contributed by atoms with Crippen LogP contribution in [0, 0.1) is 6.92 Å². The van der Waals surface area contributed by atoms with Crippen molar-refractivity contribution in [1.82, 2.24) is 0 Å². The first-order chi connectivity index (χ1) is 10.6. The van der Waals surface area contributed by atoms with Gasteiger partial charge in [-0.25, -0.2) is 0 Å². The van der Waals surface area contributed by atoms with Gasteiger partial charge in [0, 0.05) is 11.8 Å². The third-order valence-electron chi connectivity index (χ3n) is 3.16. The van der Waals surface area contributed by atoms with Crippen molar-refractivity contribution < 1.29 is 14.3 Å². The molecule has 116 valence electrons. The molecule has 0 heterocycles. The van der Waals surface area contributed by atoms with Gasteiger partial charge in [0.1, 0.15) is 0 Å².